The molecule has 1 unspecified atom stereocenters. The highest BCUT2D eigenvalue weighted by Crippen LogP contribution is 2.17. The van der Waals surface area contributed by atoms with Gasteiger partial charge in [0, 0.05) is 4.90 Å². The normalized spacial score (nSPS) is 12.1. The highest BCUT2D eigenvalue weighted by molar-refractivity contribution is 7.84. The van der Waals surface area contributed by atoms with Gasteiger partial charge in [-0.05, 0) is 37.6 Å². The molecule has 1 aromatic heterocycles. The molecule has 1 N–H and O–H groups in total. The van der Waals surface area contributed by atoms with Crippen molar-refractivity contribution < 1.29 is 14.1 Å². The van der Waals surface area contributed by atoms with Gasteiger partial charge in [-0.1, -0.05) is 23.8 Å². The Balaban J connectivity index is 2.23. The van der Waals surface area contributed by atoms with Gasteiger partial charge in [-0.15, -0.1) is 0 Å². The Labute approximate surface area is 119 Å². The van der Waals surface area contributed by atoms with E-state index in [9.17, 15) is 9.00 Å². The quantitative estimate of drug-likeness (QED) is 0.939. The zero-order valence-electron chi connectivity index (χ0n) is 11.3. The van der Waals surface area contributed by atoms with Gasteiger partial charge in [-0.25, -0.2) is 9.78 Å². The lowest BCUT2D eigenvalue weighted by atomic mass is 10.2. The van der Waals surface area contributed by atoms with Gasteiger partial charge in [-0.2, -0.15) is 0 Å². The molecule has 0 aliphatic carbocycles. The predicted molar refractivity (Wildman–Crippen MR) is 77.2 cm³/mol. The largest absolute Gasteiger partial charge is 0.477 e. The maximum Gasteiger partial charge on any atom is 0.354 e. The lowest BCUT2D eigenvalue weighted by Gasteiger charge is -2.07. The standard InChI is InChI=1S/C15H15NO3S/c1-10-6-7-14(11(2)8-10)20(19)9-12-4-3-5-13(16-12)15(17)18/h3-8H,9H2,1-2H3,(H,17,18). The second-order valence-electron chi connectivity index (χ2n) is 4.58. The van der Waals surface area contributed by atoms with Crippen molar-refractivity contribution in [3.63, 3.8) is 0 Å². The number of rotatable bonds is 4. The Morgan fingerprint density at radius 2 is 2.00 bits per heavy atom. The van der Waals surface area contributed by atoms with E-state index in [1.165, 1.54) is 6.07 Å². The van der Waals surface area contributed by atoms with Crippen molar-refractivity contribution in [3.8, 4) is 0 Å². The minimum absolute atomic E-state index is 0.0277. The molecule has 0 aliphatic rings. The number of hydrogen-bond acceptors (Lipinski definition) is 3. The monoisotopic (exact) mass is 289 g/mol. The van der Waals surface area contributed by atoms with Crippen molar-refractivity contribution in [3.05, 3.63) is 58.9 Å². The molecule has 2 rings (SSSR count). The van der Waals surface area contributed by atoms with Crippen LogP contribution in [-0.4, -0.2) is 20.3 Å². The SMILES string of the molecule is Cc1ccc(S(=O)Cc2cccc(C(=O)O)n2)c(C)c1. The third kappa shape index (κ3) is 3.30. The van der Waals surface area contributed by atoms with Crippen LogP contribution >= 0.6 is 0 Å². The molecule has 0 radical (unpaired) electrons. The summed E-state index contributed by atoms with van der Waals surface area (Å²) >= 11 is 0. The number of nitrogens with zero attached hydrogens (tertiary/aromatic N) is 1. The summed E-state index contributed by atoms with van der Waals surface area (Å²) in [4.78, 5) is 15.6. The van der Waals surface area contributed by atoms with E-state index in [2.05, 4.69) is 4.98 Å². The van der Waals surface area contributed by atoms with Crippen LogP contribution in [0.25, 0.3) is 0 Å². The van der Waals surface area contributed by atoms with Crippen LogP contribution in [0.3, 0.4) is 0 Å². The van der Waals surface area contributed by atoms with Gasteiger partial charge in [0.1, 0.15) is 5.69 Å². The molecule has 5 heteroatoms. The Morgan fingerprint density at radius 1 is 1.25 bits per heavy atom. The average Bonchev–Trinajstić information content (AvgIpc) is 2.38. The Bertz CT molecular complexity index is 683. The van der Waals surface area contributed by atoms with Gasteiger partial charge in [-0.3, -0.25) is 4.21 Å². The van der Waals surface area contributed by atoms with Gasteiger partial charge in [0.15, 0.2) is 0 Å². The minimum Gasteiger partial charge on any atom is -0.477 e. The van der Waals surface area contributed by atoms with Crippen LogP contribution in [0.15, 0.2) is 41.3 Å². The molecule has 20 heavy (non-hydrogen) atoms. The average molecular weight is 289 g/mol. The van der Waals surface area contributed by atoms with E-state index in [0.29, 0.717) is 5.69 Å². The smallest absolute Gasteiger partial charge is 0.354 e. The van der Waals surface area contributed by atoms with Crippen LogP contribution < -0.4 is 0 Å². The van der Waals surface area contributed by atoms with Crippen LogP contribution in [0, 0.1) is 13.8 Å². The number of carbonyl (C=O) groups is 1. The topological polar surface area (TPSA) is 67.3 Å². The lowest BCUT2D eigenvalue weighted by molar-refractivity contribution is 0.0690. The maximum atomic E-state index is 12.4. The van der Waals surface area contributed by atoms with E-state index < -0.39 is 16.8 Å². The first-order valence-corrected chi connectivity index (χ1v) is 7.44. The van der Waals surface area contributed by atoms with Crippen LogP contribution in [0.1, 0.15) is 27.3 Å². The van der Waals surface area contributed by atoms with Crippen LogP contribution in [-0.2, 0) is 16.6 Å². The van der Waals surface area contributed by atoms with E-state index in [1.54, 1.807) is 12.1 Å². The summed E-state index contributed by atoms with van der Waals surface area (Å²) in [5, 5.41) is 8.90. The Morgan fingerprint density at radius 3 is 2.65 bits per heavy atom. The van der Waals surface area contributed by atoms with Crippen molar-refractivity contribution >= 4 is 16.8 Å². The third-order valence-corrected chi connectivity index (χ3v) is 4.39. The molecule has 1 atom stereocenters. The first-order chi connectivity index (χ1) is 9.47. The maximum absolute atomic E-state index is 12.4. The van der Waals surface area contributed by atoms with Gasteiger partial charge < -0.3 is 5.11 Å². The molecule has 0 fully saturated rings. The lowest BCUT2D eigenvalue weighted by Crippen LogP contribution is -2.05. The zero-order chi connectivity index (χ0) is 14.7. The fourth-order valence-corrected chi connectivity index (χ4v) is 3.17. The molecule has 0 bridgehead atoms. The summed E-state index contributed by atoms with van der Waals surface area (Å²) in [7, 11) is -1.23. The number of carboxylic acid groups (broad SMARTS) is 1. The number of aromatic nitrogens is 1. The van der Waals surface area contributed by atoms with Crippen LogP contribution in [0.5, 0.6) is 0 Å². The number of aryl methyl sites for hydroxylation is 2. The van der Waals surface area contributed by atoms with Crippen LogP contribution in [0.2, 0.25) is 0 Å². The van der Waals surface area contributed by atoms with Crippen molar-refractivity contribution in [1.29, 1.82) is 0 Å². The minimum atomic E-state index is -1.23. The molecular weight excluding hydrogens is 274 g/mol. The molecule has 0 saturated heterocycles. The summed E-state index contributed by atoms with van der Waals surface area (Å²) < 4.78 is 12.4. The molecule has 0 aliphatic heterocycles. The molecule has 1 heterocycles. The van der Waals surface area contributed by atoms with Crippen molar-refractivity contribution in [2.75, 3.05) is 0 Å². The number of carboxylic acids is 1. The summed E-state index contributed by atoms with van der Waals surface area (Å²) in [6.07, 6.45) is 0. The highest BCUT2D eigenvalue weighted by Gasteiger charge is 2.11. The summed E-state index contributed by atoms with van der Waals surface area (Å²) in [5.74, 6) is -0.866. The van der Waals surface area contributed by atoms with E-state index >= 15 is 0 Å². The first-order valence-electron chi connectivity index (χ1n) is 6.12. The molecule has 0 amide bonds. The highest BCUT2D eigenvalue weighted by atomic mass is 32.2. The first kappa shape index (κ1) is 14.4. The van der Waals surface area contributed by atoms with E-state index in [4.69, 9.17) is 5.11 Å². The second-order valence-corrected chi connectivity index (χ2v) is 6.00. The zero-order valence-corrected chi connectivity index (χ0v) is 12.1. The van der Waals surface area contributed by atoms with Gasteiger partial charge in [0.2, 0.25) is 0 Å². The van der Waals surface area contributed by atoms with Crippen LogP contribution in [0.4, 0.5) is 0 Å². The fraction of sp³-hybridized carbons (Fsp3) is 0.200. The third-order valence-electron chi connectivity index (χ3n) is 2.88. The van der Waals surface area contributed by atoms with Gasteiger partial charge >= 0.3 is 5.97 Å². The van der Waals surface area contributed by atoms with Crippen molar-refractivity contribution in [2.24, 2.45) is 0 Å². The van der Waals surface area contributed by atoms with Gasteiger partial charge in [0.25, 0.3) is 0 Å². The number of benzene rings is 1. The molecule has 0 saturated carbocycles. The Hall–Kier alpha value is -2.01. The number of hydrogen-bond donors (Lipinski definition) is 1. The van der Waals surface area contributed by atoms with Crippen molar-refractivity contribution in [1.82, 2.24) is 4.98 Å². The predicted octanol–water partition coefficient (Wildman–Crippen LogP) is 2.70. The summed E-state index contributed by atoms with van der Waals surface area (Å²) in [6, 6.07) is 10.5. The summed E-state index contributed by atoms with van der Waals surface area (Å²) in [6.45, 7) is 3.90. The fourth-order valence-electron chi connectivity index (χ4n) is 1.95. The summed E-state index contributed by atoms with van der Waals surface area (Å²) in [5.41, 5.74) is 2.58. The second kappa shape index (κ2) is 5.96. The molecule has 104 valence electrons. The number of pyridine rings is 1. The van der Waals surface area contributed by atoms with Crippen molar-refractivity contribution in [2.45, 2.75) is 24.5 Å². The molecule has 4 nitrogen and oxygen atoms in total. The molecule has 1 aromatic carbocycles. The number of aromatic carboxylic acids is 1. The van der Waals surface area contributed by atoms with E-state index in [1.807, 2.05) is 32.0 Å². The van der Waals surface area contributed by atoms with E-state index in [-0.39, 0.29) is 11.4 Å². The van der Waals surface area contributed by atoms with E-state index in [0.717, 1.165) is 16.0 Å². The molecule has 2 aromatic rings. The van der Waals surface area contributed by atoms with Gasteiger partial charge in [0.05, 0.1) is 22.2 Å². The molecule has 0 spiro atoms. The Kier molecular flexibility index (Phi) is 4.29. The molecular formula is C15H15NO3S.